The second-order valence-electron chi connectivity index (χ2n) is 6.75. The number of aromatic nitrogens is 2. The van der Waals surface area contributed by atoms with Crippen LogP contribution in [0.3, 0.4) is 0 Å². The van der Waals surface area contributed by atoms with E-state index >= 15 is 0 Å². The van der Waals surface area contributed by atoms with Gasteiger partial charge in [-0.1, -0.05) is 19.9 Å². The quantitative estimate of drug-likeness (QED) is 0.540. The third-order valence-corrected chi connectivity index (χ3v) is 5.06. The van der Waals surface area contributed by atoms with Crippen molar-refractivity contribution in [2.45, 2.75) is 32.6 Å². The molecule has 1 unspecified atom stereocenters. The summed E-state index contributed by atoms with van der Waals surface area (Å²) in [6.45, 7) is 4.47. The van der Waals surface area contributed by atoms with Crippen LogP contribution in [0.5, 0.6) is 5.75 Å². The molecule has 4 rings (SSSR count). The summed E-state index contributed by atoms with van der Waals surface area (Å²) in [5.41, 5.74) is 13.8. The maximum absolute atomic E-state index is 5.38. The molecule has 0 spiro atoms. The Morgan fingerprint density at radius 2 is 2.07 bits per heavy atom. The monoisotopic (exact) mass is 364 g/mol. The fraction of sp³-hybridized carbons (Fsp3) is 0.300. The number of rotatable bonds is 6. The highest BCUT2D eigenvalue weighted by atomic mass is 16.5. The van der Waals surface area contributed by atoms with E-state index in [0.717, 1.165) is 35.5 Å². The third kappa shape index (κ3) is 3.33. The van der Waals surface area contributed by atoms with Crippen molar-refractivity contribution in [1.82, 2.24) is 26.5 Å². The molecule has 3 heterocycles. The topological polar surface area (TPSA) is 86.4 Å². The van der Waals surface area contributed by atoms with E-state index < -0.39 is 0 Å². The largest absolute Gasteiger partial charge is 0.497 e. The molecular formula is C20H24N6O. The number of hydrogen-bond acceptors (Lipinski definition) is 6. The van der Waals surface area contributed by atoms with Gasteiger partial charge in [0.05, 0.1) is 7.11 Å². The lowest BCUT2D eigenvalue weighted by molar-refractivity contribution is 0.415. The molecule has 27 heavy (non-hydrogen) atoms. The molecular weight excluding hydrogens is 340 g/mol. The zero-order chi connectivity index (χ0) is 18.8. The van der Waals surface area contributed by atoms with Gasteiger partial charge in [0.2, 0.25) is 0 Å². The molecule has 1 aliphatic rings. The summed E-state index contributed by atoms with van der Waals surface area (Å²) in [7, 11) is 1.69. The standard InChI is InChI=1S/C20H24N6O/c1-4-12(2)19-16(15-9-8-14(27-3)11-18(15)22-19)10-13-6-5-7-17(21-13)20-23-25-26-24-20/h5-9,11-12,22,25-26H,4,10H2,1-3H3,(H,23,24). The number of ether oxygens (including phenoxy) is 1. The molecule has 0 amide bonds. The average molecular weight is 364 g/mol. The molecule has 1 aromatic carbocycles. The van der Waals surface area contributed by atoms with Gasteiger partial charge in [-0.15, -0.1) is 10.6 Å². The van der Waals surface area contributed by atoms with E-state index in [-0.39, 0.29) is 0 Å². The van der Waals surface area contributed by atoms with Gasteiger partial charge in [0.1, 0.15) is 11.4 Å². The van der Waals surface area contributed by atoms with Crippen LogP contribution in [0.2, 0.25) is 0 Å². The van der Waals surface area contributed by atoms with Crippen molar-refractivity contribution in [3.05, 3.63) is 59.0 Å². The fourth-order valence-corrected chi connectivity index (χ4v) is 3.41. The molecule has 0 saturated carbocycles. The van der Waals surface area contributed by atoms with Crippen molar-refractivity contribution in [2.24, 2.45) is 5.10 Å². The van der Waals surface area contributed by atoms with Crippen LogP contribution in [0.1, 0.15) is 48.8 Å². The Kier molecular flexibility index (Phi) is 4.68. The summed E-state index contributed by atoms with van der Waals surface area (Å²) in [6, 6.07) is 12.2. The lowest BCUT2D eigenvalue weighted by Gasteiger charge is -2.11. The first-order valence-electron chi connectivity index (χ1n) is 9.18. The van der Waals surface area contributed by atoms with Crippen LogP contribution in [-0.2, 0) is 6.42 Å². The van der Waals surface area contributed by atoms with Gasteiger partial charge in [-0.05, 0) is 42.2 Å². The number of benzene rings is 1. The van der Waals surface area contributed by atoms with Crippen molar-refractivity contribution in [3.63, 3.8) is 0 Å². The van der Waals surface area contributed by atoms with Gasteiger partial charge in [0, 0.05) is 34.8 Å². The number of hydrazine groups is 2. The number of hydrazone groups is 1. The minimum atomic E-state index is 0.441. The Labute approximate surface area is 158 Å². The molecule has 2 aromatic heterocycles. The van der Waals surface area contributed by atoms with E-state index in [1.165, 1.54) is 16.6 Å². The van der Waals surface area contributed by atoms with Gasteiger partial charge >= 0.3 is 0 Å². The molecule has 7 heteroatoms. The third-order valence-electron chi connectivity index (χ3n) is 5.06. The predicted octanol–water partition coefficient (Wildman–Crippen LogP) is 2.95. The molecule has 0 fully saturated rings. The Hall–Kier alpha value is -3.06. The lowest BCUT2D eigenvalue weighted by Crippen LogP contribution is -2.35. The molecule has 1 aliphatic heterocycles. The van der Waals surface area contributed by atoms with Gasteiger partial charge in [-0.25, -0.2) is 10.5 Å². The Balaban J connectivity index is 1.75. The maximum Gasteiger partial charge on any atom is 0.189 e. The minimum absolute atomic E-state index is 0.441. The summed E-state index contributed by atoms with van der Waals surface area (Å²) in [5.74, 6) is 1.98. The second-order valence-corrected chi connectivity index (χ2v) is 6.75. The molecule has 0 aliphatic carbocycles. The first kappa shape index (κ1) is 17.4. The summed E-state index contributed by atoms with van der Waals surface area (Å²) < 4.78 is 5.38. The van der Waals surface area contributed by atoms with E-state index in [0.29, 0.717) is 11.8 Å². The second kappa shape index (κ2) is 7.28. The molecule has 0 bridgehead atoms. The van der Waals surface area contributed by atoms with Crippen LogP contribution in [-0.4, -0.2) is 22.9 Å². The lowest BCUT2D eigenvalue weighted by atomic mass is 9.96. The maximum atomic E-state index is 5.38. The number of aromatic amines is 1. The summed E-state index contributed by atoms with van der Waals surface area (Å²) >= 11 is 0. The van der Waals surface area contributed by atoms with E-state index in [4.69, 9.17) is 9.72 Å². The Morgan fingerprint density at radius 1 is 1.19 bits per heavy atom. The average Bonchev–Trinajstić information content (AvgIpc) is 3.36. The van der Waals surface area contributed by atoms with Gasteiger partial charge in [0.25, 0.3) is 0 Å². The van der Waals surface area contributed by atoms with Gasteiger partial charge in [0.15, 0.2) is 5.84 Å². The zero-order valence-electron chi connectivity index (χ0n) is 15.8. The first-order chi connectivity index (χ1) is 13.2. The van der Waals surface area contributed by atoms with Crippen LogP contribution >= 0.6 is 0 Å². The van der Waals surface area contributed by atoms with Gasteiger partial charge in [-0.2, -0.15) is 0 Å². The Bertz CT molecular complexity index is 993. The number of nitrogens with zero attached hydrogens (tertiary/aromatic N) is 2. The van der Waals surface area contributed by atoms with Crippen LogP contribution in [0, 0.1) is 0 Å². The SMILES string of the molecule is CCC(C)c1[nH]c2cc(OC)ccc2c1Cc1cccc(C2=NNNN2)n1. The number of nitrogens with one attached hydrogen (secondary N) is 4. The predicted molar refractivity (Wildman–Crippen MR) is 107 cm³/mol. The van der Waals surface area contributed by atoms with Crippen molar-refractivity contribution in [3.8, 4) is 5.75 Å². The molecule has 0 radical (unpaired) electrons. The van der Waals surface area contributed by atoms with Crippen LogP contribution < -0.4 is 21.2 Å². The smallest absolute Gasteiger partial charge is 0.189 e. The molecule has 4 N–H and O–H groups in total. The minimum Gasteiger partial charge on any atom is -0.497 e. The number of fused-ring (bicyclic) bond motifs is 1. The van der Waals surface area contributed by atoms with Crippen LogP contribution in [0.25, 0.3) is 10.9 Å². The molecule has 140 valence electrons. The van der Waals surface area contributed by atoms with Crippen molar-refractivity contribution >= 4 is 16.7 Å². The number of H-pyrrole nitrogens is 1. The summed E-state index contributed by atoms with van der Waals surface area (Å²) in [4.78, 5) is 8.40. The fourth-order valence-electron chi connectivity index (χ4n) is 3.41. The van der Waals surface area contributed by atoms with Crippen molar-refractivity contribution < 1.29 is 4.74 Å². The molecule has 7 nitrogen and oxygen atoms in total. The highest BCUT2D eigenvalue weighted by Crippen LogP contribution is 2.32. The molecule has 3 aromatic rings. The van der Waals surface area contributed by atoms with E-state index in [9.17, 15) is 0 Å². The Morgan fingerprint density at radius 3 is 2.81 bits per heavy atom. The number of pyridine rings is 1. The normalized spacial score (nSPS) is 14.6. The highest BCUT2D eigenvalue weighted by molar-refractivity contribution is 5.97. The number of methoxy groups -OCH3 is 1. The van der Waals surface area contributed by atoms with E-state index in [1.54, 1.807) is 7.11 Å². The van der Waals surface area contributed by atoms with Crippen molar-refractivity contribution in [2.75, 3.05) is 7.11 Å². The molecule has 1 atom stereocenters. The van der Waals surface area contributed by atoms with E-state index in [1.807, 2.05) is 18.2 Å². The zero-order valence-corrected chi connectivity index (χ0v) is 15.8. The van der Waals surface area contributed by atoms with Crippen LogP contribution in [0.15, 0.2) is 41.5 Å². The molecule has 0 saturated heterocycles. The summed E-state index contributed by atoms with van der Waals surface area (Å²) in [5, 5.41) is 5.35. The highest BCUT2D eigenvalue weighted by Gasteiger charge is 2.18. The number of hydrogen-bond donors (Lipinski definition) is 4. The van der Waals surface area contributed by atoms with E-state index in [2.05, 4.69) is 58.6 Å². The summed E-state index contributed by atoms with van der Waals surface area (Å²) in [6.07, 6.45) is 1.83. The van der Waals surface area contributed by atoms with Crippen molar-refractivity contribution in [1.29, 1.82) is 0 Å². The van der Waals surface area contributed by atoms with Gasteiger partial charge in [-0.3, -0.25) is 5.43 Å². The van der Waals surface area contributed by atoms with Crippen LogP contribution in [0.4, 0.5) is 0 Å². The number of amidine groups is 1. The first-order valence-corrected chi connectivity index (χ1v) is 9.18. The van der Waals surface area contributed by atoms with Gasteiger partial charge < -0.3 is 9.72 Å².